The fourth-order valence-corrected chi connectivity index (χ4v) is 4.57. The van der Waals surface area contributed by atoms with Crippen molar-refractivity contribution in [3.8, 4) is 0 Å². The maximum absolute atomic E-state index is 12.5. The molecule has 122 valence electrons. The van der Waals surface area contributed by atoms with Crippen LogP contribution in [0.25, 0.3) is 0 Å². The van der Waals surface area contributed by atoms with E-state index in [-0.39, 0.29) is 23.5 Å². The molecule has 2 aromatic rings. The SMILES string of the molecule is CN(C(=O)c1ccc(Cn2ccnc2)cc1)[C@@H]1CCS(=O)(=O)C1. The van der Waals surface area contributed by atoms with Crippen LogP contribution in [-0.4, -0.2) is 53.4 Å². The first-order chi connectivity index (χ1) is 10.9. The second-order valence-electron chi connectivity index (χ2n) is 5.90. The Morgan fingerprint density at radius 3 is 2.65 bits per heavy atom. The van der Waals surface area contributed by atoms with E-state index in [4.69, 9.17) is 0 Å². The summed E-state index contributed by atoms with van der Waals surface area (Å²) in [4.78, 5) is 18.0. The summed E-state index contributed by atoms with van der Waals surface area (Å²) in [6.45, 7) is 0.700. The third-order valence-electron chi connectivity index (χ3n) is 4.20. The molecule has 3 rings (SSSR count). The van der Waals surface area contributed by atoms with Crippen LogP contribution in [0, 0.1) is 0 Å². The van der Waals surface area contributed by atoms with E-state index in [1.54, 1.807) is 36.6 Å². The number of aromatic nitrogens is 2. The molecule has 1 aromatic carbocycles. The molecular formula is C16H19N3O3S. The topological polar surface area (TPSA) is 72.3 Å². The fraction of sp³-hybridized carbons (Fsp3) is 0.375. The highest BCUT2D eigenvalue weighted by Gasteiger charge is 2.32. The number of sulfone groups is 1. The molecule has 0 bridgehead atoms. The van der Waals surface area contributed by atoms with E-state index < -0.39 is 9.84 Å². The summed E-state index contributed by atoms with van der Waals surface area (Å²) in [7, 11) is -1.32. The summed E-state index contributed by atoms with van der Waals surface area (Å²) >= 11 is 0. The minimum absolute atomic E-state index is 0.0634. The van der Waals surface area contributed by atoms with Gasteiger partial charge >= 0.3 is 0 Å². The molecule has 7 heteroatoms. The Labute approximate surface area is 135 Å². The number of nitrogens with zero attached hydrogens (tertiary/aromatic N) is 3. The minimum atomic E-state index is -2.99. The van der Waals surface area contributed by atoms with Crippen molar-refractivity contribution in [1.82, 2.24) is 14.5 Å². The molecule has 2 heterocycles. The highest BCUT2D eigenvalue weighted by Crippen LogP contribution is 2.19. The fourth-order valence-electron chi connectivity index (χ4n) is 2.79. The monoisotopic (exact) mass is 333 g/mol. The summed E-state index contributed by atoms with van der Waals surface area (Å²) in [5.74, 6) is 0.0915. The quantitative estimate of drug-likeness (QED) is 0.842. The lowest BCUT2D eigenvalue weighted by atomic mass is 10.1. The Hall–Kier alpha value is -2.15. The van der Waals surface area contributed by atoms with Gasteiger partial charge < -0.3 is 9.47 Å². The molecule has 1 amide bonds. The van der Waals surface area contributed by atoms with Gasteiger partial charge in [-0.2, -0.15) is 0 Å². The number of benzene rings is 1. The predicted molar refractivity (Wildman–Crippen MR) is 86.9 cm³/mol. The molecule has 1 aliphatic rings. The van der Waals surface area contributed by atoms with Crippen LogP contribution in [0.4, 0.5) is 0 Å². The van der Waals surface area contributed by atoms with Gasteiger partial charge in [-0.05, 0) is 24.1 Å². The van der Waals surface area contributed by atoms with E-state index in [2.05, 4.69) is 4.98 Å². The van der Waals surface area contributed by atoms with E-state index in [1.165, 1.54) is 0 Å². The van der Waals surface area contributed by atoms with E-state index in [0.717, 1.165) is 5.56 Å². The normalized spacial score (nSPS) is 19.6. The minimum Gasteiger partial charge on any atom is -0.338 e. The first-order valence-corrected chi connectivity index (χ1v) is 9.29. The number of rotatable bonds is 4. The Morgan fingerprint density at radius 2 is 2.09 bits per heavy atom. The number of carbonyl (C=O) groups excluding carboxylic acids is 1. The van der Waals surface area contributed by atoms with Crippen molar-refractivity contribution >= 4 is 15.7 Å². The maximum Gasteiger partial charge on any atom is 0.253 e. The van der Waals surface area contributed by atoms with Gasteiger partial charge in [0.25, 0.3) is 5.91 Å². The largest absolute Gasteiger partial charge is 0.338 e. The molecule has 0 aliphatic carbocycles. The summed E-state index contributed by atoms with van der Waals surface area (Å²) < 4.78 is 25.1. The Balaban J connectivity index is 1.68. The molecule has 1 aliphatic heterocycles. The molecule has 1 aromatic heterocycles. The van der Waals surface area contributed by atoms with Gasteiger partial charge in [0.1, 0.15) is 0 Å². The Bertz CT molecular complexity index is 782. The smallest absolute Gasteiger partial charge is 0.253 e. The number of hydrogen-bond donors (Lipinski definition) is 0. The zero-order valence-corrected chi connectivity index (χ0v) is 13.7. The van der Waals surface area contributed by atoms with Gasteiger partial charge in [-0.15, -0.1) is 0 Å². The van der Waals surface area contributed by atoms with Crippen LogP contribution >= 0.6 is 0 Å². The van der Waals surface area contributed by atoms with Crippen LogP contribution in [0.15, 0.2) is 43.0 Å². The molecule has 1 fully saturated rings. The summed E-state index contributed by atoms with van der Waals surface area (Å²) in [6.07, 6.45) is 5.87. The van der Waals surface area contributed by atoms with Crippen LogP contribution in [0.3, 0.4) is 0 Å². The average Bonchev–Trinajstić information content (AvgIpc) is 3.16. The standard InChI is InChI=1S/C16H19N3O3S/c1-18(15-6-9-23(21,22)11-15)16(20)14-4-2-13(3-5-14)10-19-8-7-17-12-19/h2-5,7-8,12,15H,6,9-11H2,1H3/t15-/m1/s1. The third-order valence-corrected chi connectivity index (χ3v) is 5.95. The summed E-state index contributed by atoms with van der Waals surface area (Å²) in [5.41, 5.74) is 1.65. The number of imidazole rings is 1. The summed E-state index contributed by atoms with van der Waals surface area (Å²) in [5, 5.41) is 0. The summed E-state index contributed by atoms with van der Waals surface area (Å²) in [6, 6.07) is 7.17. The van der Waals surface area contributed by atoms with Gasteiger partial charge in [-0.1, -0.05) is 12.1 Å². The van der Waals surface area contributed by atoms with Crippen molar-refractivity contribution < 1.29 is 13.2 Å². The lowest BCUT2D eigenvalue weighted by molar-refractivity contribution is 0.0747. The average molecular weight is 333 g/mol. The highest BCUT2D eigenvalue weighted by molar-refractivity contribution is 7.91. The Kier molecular flexibility index (Phi) is 4.21. The highest BCUT2D eigenvalue weighted by atomic mass is 32.2. The van der Waals surface area contributed by atoms with E-state index in [0.29, 0.717) is 18.5 Å². The number of hydrogen-bond acceptors (Lipinski definition) is 4. The zero-order valence-electron chi connectivity index (χ0n) is 12.9. The molecule has 0 unspecified atom stereocenters. The van der Waals surface area contributed by atoms with Gasteiger partial charge in [0.2, 0.25) is 0 Å². The van der Waals surface area contributed by atoms with Crippen molar-refractivity contribution in [3.05, 3.63) is 54.1 Å². The lowest BCUT2D eigenvalue weighted by Crippen LogP contribution is -2.37. The molecule has 23 heavy (non-hydrogen) atoms. The third kappa shape index (κ3) is 3.61. The van der Waals surface area contributed by atoms with Crippen LogP contribution in [0.2, 0.25) is 0 Å². The Morgan fingerprint density at radius 1 is 1.35 bits per heavy atom. The second-order valence-corrected chi connectivity index (χ2v) is 8.13. The van der Waals surface area contributed by atoms with Crippen LogP contribution in [0.5, 0.6) is 0 Å². The predicted octanol–water partition coefficient (Wildman–Crippen LogP) is 1.19. The van der Waals surface area contributed by atoms with Crippen LogP contribution in [-0.2, 0) is 16.4 Å². The van der Waals surface area contributed by atoms with Crippen molar-refractivity contribution in [2.24, 2.45) is 0 Å². The van der Waals surface area contributed by atoms with Gasteiger partial charge in [-0.3, -0.25) is 4.79 Å². The molecule has 0 saturated carbocycles. The first-order valence-electron chi connectivity index (χ1n) is 7.47. The van der Waals surface area contributed by atoms with E-state index in [9.17, 15) is 13.2 Å². The van der Waals surface area contributed by atoms with Gasteiger partial charge in [0.15, 0.2) is 9.84 Å². The first kappa shape index (κ1) is 15.7. The number of amides is 1. The van der Waals surface area contributed by atoms with E-state index in [1.807, 2.05) is 22.9 Å². The van der Waals surface area contributed by atoms with Crippen LogP contribution in [0.1, 0.15) is 22.3 Å². The molecule has 0 radical (unpaired) electrons. The van der Waals surface area contributed by atoms with Crippen molar-refractivity contribution in [3.63, 3.8) is 0 Å². The lowest BCUT2D eigenvalue weighted by Gasteiger charge is -2.23. The van der Waals surface area contributed by atoms with Gasteiger partial charge in [0.05, 0.1) is 17.8 Å². The molecule has 0 N–H and O–H groups in total. The van der Waals surface area contributed by atoms with Gasteiger partial charge in [0, 0.05) is 37.6 Å². The number of carbonyl (C=O) groups is 1. The zero-order chi connectivity index (χ0) is 16.4. The van der Waals surface area contributed by atoms with Crippen LogP contribution < -0.4 is 0 Å². The maximum atomic E-state index is 12.5. The van der Waals surface area contributed by atoms with E-state index >= 15 is 0 Å². The molecule has 1 atom stereocenters. The molecule has 0 spiro atoms. The molecule has 1 saturated heterocycles. The van der Waals surface area contributed by atoms with Crippen molar-refractivity contribution in [1.29, 1.82) is 0 Å². The van der Waals surface area contributed by atoms with Gasteiger partial charge in [-0.25, -0.2) is 13.4 Å². The molecule has 6 nitrogen and oxygen atoms in total. The second kappa shape index (κ2) is 6.16. The van der Waals surface area contributed by atoms with Crippen molar-refractivity contribution in [2.75, 3.05) is 18.6 Å². The van der Waals surface area contributed by atoms with Crippen molar-refractivity contribution in [2.45, 2.75) is 19.0 Å². The molecular weight excluding hydrogens is 314 g/mol.